The number of hydrogen-bond donors (Lipinski definition) is 1. The Morgan fingerprint density at radius 2 is 1.93 bits per heavy atom. The number of carboxylic acid groups (broad SMARTS) is 1. The first-order chi connectivity index (χ1) is 6.45. The van der Waals surface area contributed by atoms with Crippen molar-refractivity contribution >= 4 is 12.0 Å². The summed E-state index contributed by atoms with van der Waals surface area (Å²) in [4.78, 5) is 25.2. The van der Waals surface area contributed by atoms with Gasteiger partial charge in [-0.1, -0.05) is 0 Å². The number of likely N-dealkylation sites (tertiary alicyclic amines) is 1. The van der Waals surface area contributed by atoms with Crippen LogP contribution in [0.2, 0.25) is 0 Å². The SMILES string of the molecule is C[C@H]1CC[C@@H](C(=O)N(C)C)N1C(=O)O. The van der Waals surface area contributed by atoms with Crippen molar-refractivity contribution in [2.45, 2.75) is 31.8 Å². The number of rotatable bonds is 1. The normalized spacial score (nSPS) is 26.4. The number of likely N-dealkylation sites (N-methyl/N-ethyl adjacent to an activating group) is 1. The lowest BCUT2D eigenvalue weighted by Gasteiger charge is -2.26. The van der Waals surface area contributed by atoms with Gasteiger partial charge in [-0.25, -0.2) is 4.79 Å². The summed E-state index contributed by atoms with van der Waals surface area (Å²) in [6.45, 7) is 1.83. The Morgan fingerprint density at radius 3 is 2.36 bits per heavy atom. The molecule has 0 aromatic rings. The van der Waals surface area contributed by atoms with Crippen molar-refractivity contribution in [2.24, 2.45) is 0 Å². The zero-order chi connectivity index (χ0) is 10.9. The summed E-state index contributed by atoms with van der Waals surface area (Å²) in [5.41, 5.74) is 0. The monoisotopic (exact) mass is 200 g/mol. The highest BCUT2D eigenvalue weighted by atomic mass is 16.4. The number of amides is 2. The van der Waals surface area contributed by atoms with Crippen molar-refractivity contribution < 1.29 is 14.7 Å². The van der Waals surface area contributed by atoms with Gasteiger partial charge in [0.2, 0.25) is 5.91 Å². The molecule has 5 heteroatoms. The van der Waals surface area contributed by atoms with Gasteiger partial charge in [0, 0.05) is 20.1 Å². The minimum absolute atomic E-state index is 0.0543. The average Bonchev–Trinajstić information content (AvgIpc) is 2.45. The molecule has 2 atom stereocenters. The molecule has 80 valence electrons. The van der Waals surface area contributed by atoms with Crippen LogP contribution in [0, 0.1) is 0 Å². The van der Waals surface area contributed by atoms with Crippen LogP contribution in [0.4, 0.5) is 4.79 Å². The lowest BCUT2D eigenvalue weighted by Crippen LogP contribution is -2.47. The van der Waals surface area contributed by atoms with Gasteiger partial charge in [0.25, 0.3) is 0 Å². The Kier molecular flexibility index (Phi) is 2.98. The Balaban J connectivity index is 2.79. The third-order valence-corrected chi connectivity index (χ3v) is 2.62. The number of hydrogen-bond acceptors (Lipinski definition) is 2. The van der Waals surface area contributed by atoms with Gasteiger partial charge in [-0.2, -0.15) is 0 Å². The van der Waals surface area contributed by atoms with Crippen LogP contribution in [0.1, 0.15) is 19.8 Å². The van der Waals surface area contributed by atoms with E-state index in [0.717, 1.165) is 6.42 Å². The molecule has 0 bridgehead atoms. The second-order valence-electron chi connectivity index (χ2n) is 3.86. The first-order valence-corrected chi connectivity index (χ1v) is 4.67. The van der Waals surface area contributed by atoms with Gasteiger partial charge in [0.1, 0.15) is 6.04 Å². The first kappa shape index (κ1) is 10.8. The predicted molar refractivity (Wildman–Crippen MR) is 51.0 cm³/mol. The van der Waals surface area contributed by atoms with Crippen molar-refractivity contribution in [3.63, 3.8) is 0 Å². The van der Waals surface area contributed by atoms with Crippen molar-refractivity contribution in [2.75, 3.05) is 14.1 Å². The fourth-order valence-electron chi connectivity index (χ4n) is 1.85. The molecule has 14 heavy (non-hydrogen) atoms. The van der Waals surface area contributed by atoms with Crippen LogP contribution >= 0.6 is 0 Å². The van der Waals surface area contributed by atoms with E-state index in [0.29, 0.717) is 6.42 Å². The first-order valence-electron chi connectivity index (χ1n) is 4.67. The highest BCUT2D eigenvalue weighted by molar-refractivity contribution is 5.85. The maximum absolute atomic E-state index is 11.6. The van der Waals surface area contributed by atoms with Crippen molar-refractivity contribution in [1.29, 1.82) is 0 Å². The summed E-state index contributed by atoms with van der Waals surface area (Å²) >= 11 is 0. The fourth-order valence-corrected chi connectivity index (χ4v) is 1.85. The van der Waals surface area contributed by atoms with Crippen molar-refractivity contribution in [3.05, 3.63) is 0 Å². The molecule has 0 saturated carbocycles. The van der Waals surface area contributed by atoms with Gasteiger partial charge in [0.05, 0.1) is 0 Å². The largest absolute Gasteiger partial charge is 0.465 e. The Hall–Kier alpha value is -1.26. The van der Waals surface area contributed by atoms with Gasteiger partial charge >= 0.3 is 6.09 Å². The van der Waals surface area contributed by atoms with Gasteiger partial charge in [-0.3, -0.25) is 9.69 Å². The van der Waals surface area contributed by atoms with E-state index in [2.05, 4.69) is 0 Å². The topological polar surface area (TPSA) is 60.9 Å². The molecule has 1 heterocycles. The molecule has 0 unspecified atom stereocenters. The van der Waals surface area contributed by atoms with Gasteiger partial charge in [0.15, 0.2) is 0 Å². The lowest BCUT2D eigenvalue weighted by atomic mass is 10.2. The molecule has 1 fully saturated rings. The number of nitrogens with zero attached hydrogens (tertiary/aromatic N) is 2. The van der Waals surface area contributed by atoms with E-state index < -0.39 is 12.1 Å². The minimum atomic E-state index is -1.00. The Labute approximate surface area is 83.3 Å². The van der Waals surface area contributed by atoms with E-state index in [1.54, 1.807) is 14.1 Å². The lowest BCUT2D eigenvalue weighted by molar-refractivity contribution is -0.133. The fraction of sp³-hybridized carbons (Fsp3) is 0.778. The van der Waals surface area contributed by atoms with Crippen LogP contribution in [0.25, 0.3) is 0 Å². The summed E-state index contributed by atoms with van der Waals surface area (Å²) in [6.07, 6.45) is 0.385. The number of carbonyl (C=O) groups is 2. The van der Waals surface area contributed by atoms with Crippen LogP contribution in [-0.2, 0) is 4.79 Å². The van der Waals surface area contributed by atoms with Crippen LogP contribution in [0.3, 0.4) is 0 Å². The molecule has 1 aliphatic rings. The molecule has 0 aromatic carbocycles. The second kappa shape index (κ2) is 3.86. The highest BCUT2D eigenvalue weighted by Gasteiger charge is 2.39. The Morgan fingerprint density at radius 1 is 1.36 bits per heavy atom. The molecule has 2 amide bonds. The highest BCUT2D eigenvalue weighted by Crippen LogP contribution is 2.24. The standard InChI is InChI=1S/C9H16N2O3/c1-6-4-5-7(8(12)10(2)3)11(6)9(13)14/h6-7H,4-5H2,1-3H3,(H,13,14)/t6-,7-/m0/s1. The summed E-state index contributed by atoms with van der Waals surface area (Å²) < 4.78 is 0. The van der Waals surface area contributed by atoms with Crippen LogP contribution in [-0.4, -0.2) is 53.1 Å². The molecule has 1 saturated heterocycles. The van der Waals surface area contributed by atoms with Gasteiger partial charge < -0.3 is 10.0 Å². The summed E-state index contributed by atoms with van der Waals surface area (Å²) in [5, 5.41) is 8.94. The molecule has 1 aliphatic heterocycles. The van der Waals surface area contributed by atoms with Gasteiger partial charge in [-0.05, 0) is 19.8 Å². The van der Waals surface area contributed by atoms with E-state index in [4.69, 9.17) is 5.11 Å². The molecule has 0 radical (unpaired) electrons. The average molecular weight is 200 g/mol. The van der Waals surface area contributed by atoms with Crippen LogP contribution in [0.15, 0.2) is 0 Å². The zero-order valence-electron chi connectivity index (χ0n) is 8.73. The van der Waals surface area contributed by atoms with Crippen LogP contribution in [0.5, 0.6) is 0 Å². The summed E-state index contributed by atoms with van der Waals surface area (Å²) in [5.74, 6) is -0.128. The molecule has 0 aliphatic carbocycles. The van der Waals surface area contributed by atoms with E-state index >= 15 is 0 Å². The van der Waals surface area contributed by atoms with Crippen LogP contribution < -0.4 is 0 Å². The predicted octanol–water partition coefficient (Wildman–Crippen LogP) is 0.605. The number of carbonyl (C=O) groups excluding carboxylic acids is 1. The molecule has 5 nitrogen and oxygen atoms in total. The smallest absolute Gasteiger partial charge is 0.408 e. The van der Waals surface area contributed by atoms with Gasteiger partial charge in [-0.15, -0.1) is 0 Å². The molecule has 1 N–H and O–H groups in total. The summed E-state index contributed by atoms with van der Waals surface area (Å²) in [6, 6.07) is -0.543. The Bertz CT molecular complexity index is 252. The summed E-state index contributed by atoms with van der Waals surface area (Å²) in [7, 11) is 3.29. The minimum Gasteiger partial charge on any atom is -0.465 e. The zero-order valence-corrected chi connectivity index (χ0v) is 8.73. The third-order valence-electron chi connectivity index (χ3n) is 2.62. The molecular formula is C9H16N2O3. The van der Waals surface area contributed by atoms with Crippen molar-refractivity contribution in [1.82, 2.24) is 9.80 Å². The maximum Gasteiger partial charge on any atom is 0.408 e. The maximum atomic E-state index is 11.6. The quantitative estimate of drug-likeness (QED) is 0.674. The third kappa shape index (κ3) is 1.81. The second-order valence-corrected chi connectivity index (χ2v) is 3.86. The van der Waals surface area contributed by atoms with E-state index in [1.807, 2.05) is 6.92 Å². The molecule has 1 rings (SSSR count). The van der Waals surface area contributed by atoms with E-state index in [-0.39, 0.29) is 11.9 Å². The van der Waals surface area contributed by atoms with E-state index in [1.165, 1.54) is 9.80 Å². The molecule has 0 aromatic heterocycles. The van der Waals surface area contributed by atoms with Crippen molar-refractivity contribution in [3.8, 4) is 0 Å². The molecule has 0 spiro atoms. The molecular weight excluding hydrogens is 184 g/mol. The van der Waals surface area contributed by atoms with E-state index in [9.17, 15) is 9.59 Å².